The normalized spacial score (nSPS) is 17.5. The highest BCUT2D eigenvalue weighted by Gasteiger charge is 2.27. The number of nitrogens with one attached hydrogen (secondary N) is 1. The summed E-state index contributed by atoms with van der Waals surface area (Å²) in [6, 6.07) is 0. The summed E-state index contributed by atoms with van der Waals surface area (Å²) in [5.41, 5.74) is 2.10. The van der Waals surface area contributed by atoms with Crippen LogP contribution in [0.15, 0.2) is 9.52 Å². The molecule has 7 nitrogen and oxygen atoms in total. The number of nitrogens with zero attached hydrogens (tertiary/aromatic N) is 3. The molecule has 0 radical (unpaired) electrons. The van der Waals surface area contributed by atoms with Gasteiger partial charge in [-0.1, -0.05) is 12.1 Å². The first-order valence-electron chi connectivity index (χ1n) is 9.02. The summed E-state index contributed by atoms with van der Waals surface area (Å²) in [6.45, 7) is 10.7. The highest BCUT2D eigenvalue weighted by Crippen LogP contribution is 2.23. The van der Waals surface area contributed by atoms with Crippen LogP contribution in [0.1, 0.15) is 49.6 Å². The largest absolute Gasteiger partial charge is 0.466 e. The Hall–Kier alpha value is -2.05. The van der Waals surface area contributed by atoms with E-state index in [1.807, 2.05) is 20.8 Å². The zero-order valence-electron chi connectivity index (χ0n) is 16.0. The number of likely N-dealkylation sites (tertiary alicyclic amines) is 1. The Bertz CT molecular complexity index is 584. The van der Waals surface area contributed by atoms with Crippen molar-refractivity contribution in [1.82, 2.24) is 15.4 Å². The molecule has 1 aromatic rings. The Morgan fingerprint density at radius 3 is 2.64 bits per heavy atom. The summed E-state index contributed by atoms with van der Waals surface area (Å²) in [7, 11) is 1.79. The smallest absolute Gasteiger partial charge is 0.309 e. The predicted molar refractivity (Wildman–Crippen MR) is 96.7 cm³/mol. The molecule has 1 atom stereocenters. The van der Waals surface area contributed by atoms with Crippen LogP contribution >= 0.6 is 0 Å². The van der Waals surface area contributed by atoms with Crippen LogP contribution in [0.5, 0.6) is 0 Å². The fourth-order valence-corrected chi connectivity index (χ4v) is 3.46. The van der Waals surface area contributed by atoms with Crippen molar-refractivity contribution in [2.24, 2.45) is 10.9 Å². The second-order valence-electron chi connectivity index (χ2n) is 6.58. The quantitative estimate of drug-likeness (QED) is 0.498. The lowest BCUT2D eigenvalue weighted by molar-refractivity contribution is -0.149. The summed E-state index contributed by atoms with van der Waals surface area (Å²) in [4.78, 5) is 18.4. The molecule has 1 aliphatic heterocycles. The molecule has 0 aromatic carbocycles. The molecule has 1 N–H and O–H groups in total. The van der Waals surface area contributed by atoms with Crippen molar-refractivity contribution in [1.29, 1.82) is 0 Å². The summed E-state index contributed by atoms with van der Waals surface area (Å²) < 4.78 is 10.4. The van der Waals surface area contributed by atoms with E-state index in [9.17, 15) is 4.79 Å². The molecule has 1 saturated heterocycles. The van der Waals surface area contributed by atoms with E-state index >= 15 is 0 Å². The summed E-state index contributed by atoms with van der Waals surface area (Å²) >= 11 is 0. The van der Waals surface area contributed by atoms with Crippen molar-refractivity contribution >= 4 is 11.9 Å². The van der Waals surface area contributed by atoms with Crippen molar-refractivity contribution in [3.63, 3.8) is 0 Å². The van der Waals surface area contributed by atoms with E-state index in [4.69, 9.17) is 9.26 Å². The number of guanidine groups is 1. The minimum absolute atomic E-state index is 0.00975. The second-order valence-corrected chi connectivity index (χ2v) is 6.58. The third-order valence-electron chi connectivity index (χ3n) is 4.77. The van der Waals surface area contributed by atoms with Crippen LogP contribution in [0.3, 0.4) is 0 Å². The maximum Gasteiger partial charge on any atom is 0.309 e. The van der Waals surface area contributed by atoms with Gasteiger partial charge in [0.15, 0.2) is 5.96 Å². The molecule has 0 bridgehead atoms. The van der Waals surface area contributed by atoms with E-state index in [-0.39, 0.29) is 17.8 Å². The number of piperidine rings is 1. The number of hydrogen-bond donors (Lipinski definition) is 1. The molecule has 1 unspecified atom stereocenters. The first-order chi connectivity index (χ1) is 12.0. The van der Waals surface area contributed by atoms with Crippen LogP contribution < -0.4 is 5.32 Å². The van der Waals surface area contributed by atoms with Gasteiger partial charge in [0, 0.05) is 38.2 Å². The average Bonchev–Trinajstić information content (AvgIpc) is 2.94. The molecular formula is C18H30N4O3. The fourth-order valence-electron chi connectivity index (χ4n) is 3.46. The van der Waals surface area contributed by atoms with Crippen LogP contribution in [0, 0.1) is 19.8 Å². The van der Waals surface area contributed by atoms with E-state index in [0.29, 0.717) is 6.61 Å². The molecule has 7 heteroatoms. The predicted octanol–water partition coefficient (Wildman–Crippen LogP) is 2.25. The maximum atomic E-state index is 11.9. The molecule has 0 spiro atoms. The Morgan fingerprint density at radius 2 is 2.12 bits per heavy atom. The molecule has 140 valence electrons. The van der Waals surface area contributed by atoms with E-state index in [0.717, 1.165) is 55.5 Å². The van der Waals surface area contributed by atoms with Crippen molar-refractivity contribution in [2.75, 3.05) is 33.3 Å². The van der Waals surface area contributed by atoms with Gasteiger partial charge < -0.3 is 19.5 Å². The van der Waals surface area contributed by atoms with Crippen molar-refractivity contribution in [3.8, 4) is 0 Å². The van der Waals surface area contributed by atoms with Crippen molar-refractivity contribution < 1.29 is 14.1 Å². The van der Waals surface area contributed by atoms with E-state index in [2.05, 4.69) is 27.3 Å². The van der Waals surface area contributed by atoms with Gasteiger partial charge in [0.1, 0.15) is 5.76 Å². The van der Waals surface area contributed by atoms with E-state index in [1.165, 1.54) is 0 Å². The van der Waals surface area contributed by atoms with Gasteiger partial charge in [-0.05, 0) is 33.6 Å². The first kappa shape index (κ1) is 19.3. The molecule has 2 heterocycles. The Labute approximate surface area is 149 Å². The molecule has 2 rings (SSSR count). The highest BCUT2D eigenvalue weighted by atomic mass is 16.5. The number of carbonyl (C=O) groups excluding carboxylic acids is 1. The number of aryl methyl sites for hydroxylation is 2. The fraction of sp³-hybridized carbons (Fsp3) is 0.722. The lowest BCUT2D eigenvalue weighted by atomic mass is 9.97. The van der Waals surface area contributed by atoms with Crippen LogP contribution in [-0.2, 0) is 9.53 Å². The number of rotatable bonds is 5. The molecule has 0 saturated carbocycles. The van der Waals surface area contributed by atoms with Gasteiger partial charge in [0.05, 0.1) is 18.2 Å². The van der Waals surface area contributed by atoms with Crippen LogP contribution in [0.2, 0.25) is 0 Å². The highest BCUT2D eigenvalue weighted by molar-refractivity contribution is 5.80. The summed E-state index contributed by atoms with van der Waals surface area (Å²) in [6.07, 6.45) is 1.61. The number of aliphatic imine (C=N–C) groups is 1. The van der Waals surface area contributed by atoms with Gasteiger partial charge >= 0.3 is 5.97 Å². The Morgan fingerprint density at radius 1 is 1.44 bits per heavy atom. The number of ether oxygens (including phenoxy) is 1. The topological polar surface area (TPSA) is 80.0 Å². The maximum absolute atomic E-state index is 11.9. The van der Waals surface area contributed by atoms with Crippen molar-refractivity contribution in [2.45, 2.75) is 46.5 Å². The molecule has 0 aliphatic carbocycles. The van der Waals surface area contributed by atoms with Crippen LogP contribution in [0.25, 0.3) is 0 Å². The summed E-state index contributed by atoms with van der Waals surface area (Å²) in [5, 5.41) is 7.47. The molecule has 1 aliphatic rings. The van der Waals surface area contributed by atoms with Crippen molar-refractivity contribution in [3.05, 3.63) is 17.0 Å². The van der Waals surface area contributed by atoms with Crippen LogP contribution in [0.4, 0.5) is 0 Å². The zero-order chi connectivity index (χ0) is 18.4. The monoisotopic (exact) mass is 350 g/mol. The minimum Gasteiger partial charge on any atom is -0.466 e. The lowest BCUT2D eigenvalue weighted by Gasteiger charge is -2.33. The second kappa shape index (κ2) is 8.87. The molecule has 1 fully saturated rings. The minimum atomic E-state index is -0.0721. The van der Waals surface area contributed by atoms with Gasteiger partial charge in [-0.3, -0.25) is 9.79 Å². The third kappa shape index (κ3) is 4.74. The third-order valence-corrected chi connectivity index (χ3v) is 4.77. The molecule has 25 heavy (non-hydrogen) atoms. The number of carbonyl (C=O) groups is 1. The Balaban J connectivity index is 1.86. The molecule has 0 amide bonds. The van der Waals surface area contributed by atoms with E-state index < -0.39 is 0 Å². The average molecular weight is 350 g/mol. The number of hydrogen-bond acceptors (Lipinski definition) is 5. The van der Waals surface area contributed by atoms with Gasteiger partial charge in [0.2, 0.25) is 0 Å². The molecular weight excluding hydrogens is 320 g/mol. The van der Waals surface area contributed by atoms with Gasteiger partial charge in [-0.15, -0.1) is 0 Å². The lowest BCUT2D eigenvalue weighted by Crippen LogP contribution is -2.47. The zero-order valence-corrected chi connectivity index (χ0v) is 16.0. The Kier molecular flexibility index (Phi) is 6.84. The summed E-state index contributed by atoms with van der Waals surface area (Å²) in [5.74, 6) is 1.96. The standard InChI is InChI=1S/C18H30N4O3/c1-6-24-17(23)15-7-9-22(10-8-15)18(19-5)20-11-12(2)16-13(3)21-25-14(16)4/h12,15H,6-11H2,1-5H3,(H,19,20). The number of aromatic nitrogens is 1. The first-order valence-corrected chi connectivity index (χ1v) is 9.02. The van der Waals surface area contributed by atoms with Gasteiger partial charge in [-0.25, -0.2) is 0 Å². The van der Waals surface area contributed by atoms with Gasteiger partial charge in [0.25, 0.3) is 0 Å². The van der Waals surface area contributed by atoms with E-state index in [1.54, 1.807) is 7.05 Å². The SMILES string of the molecule is CCOC(=O)C1CCN(C(=NC)NCC(C)c2c(C)noc2C)CC1. The molecule has 1 aromatic heterocycles. The van der Waals surface area contributed by atoms with Crippen LogP contribution in [-0.4, -0.2) is 55.3 Å². The van der Waals surface area contributed by atoms with Gasteiger partial charge in [-0.2, -0.15) is 0 Å². The number of esters is 1.